The zero-order valence-corrected chi connectivity index (χ0v) is 9.69. The third kappa shape index (κ3) is 11.9. The number of rotatable bonds is 6. The van der Waals surface area contributed by atoms with Gasteiger partial charge in [-0.15, -0.1) is 12.4 Å². The van der Waals surface area contributed by atoms with Gasteiger partial charge in [0, 0.05) is 25.4 Å². The summed E-state index contributed by atoms with van der Waals surface area (Å²) in [6.07, 6.45) is 2.01. The van der Waals surface area contributed by atoms with Crippen molar-refractivity contribution in [1.29, 1.82) is 0 Å². The fraction of sp³-hybridized carbons (Fsp3) is 0.857. The summed E-state index contributed by atoms with van der Waals surface area (Å²) in [5, 5.41) is 8.41. The zero-order chi connectivity index (χ0) is 9.23. The molecule has 0 saturated heterocycles. The zero-order valence-electron chi connectivity index (χ0n) is 8.05. The number of hydrogen-bond donors (Lipinski definition) is 3. The summed E-state index contributed by atoms with van der Waals surface area (Å²) in [4.78, 5) is 10.9. The third-order valence-corrected chi connectivity index (χ3v) is 1.86. The van der Waals surface area contributed by atoms with Gasteiger partial charge in [-0.25, -0.2) is 4.79 Å². The molecule has 0 aromatic rings. The van der Waals surface area contributed by atoms with Crippen LogP contribution in [0, 0.1) is 0 Å². The van der Waals surface area contributed by atoms with E-state index < -0.39 is 0 Å². The number of thioether (sulfide) groups is 1. The van der Waals surface area contributed by atoms with E-state index in [0.29, 0.717) is 6.54 Å². The number of likely N-dealkylation sites (N-methyl/N-ethyl adjacent to an activating group) is 1. The van der Waals surface area contributed by atoms with Crippen LogP contribution in [0.2, 0.25) is 0 Å². The van der Waals surface area contributed by atoms with E-state index in [1.807, 2.05) is 13.3 Å². The molecule has 0 aromatic heterocycles. The molecule has 0 aromatic carbocycles. The number of hydrogen-bond acceptors (Lipinski definition) is 3. The van der Waals surface area contributed by atoms with Crippen LogP contribution in [0.25, 0.3) is 0 Å². The predicted octanol–water partition coefficient (Wildman–Crippen LogP) is 0.290. The summed E-state index contributed by atoms with van der Waals surface area (Å²) in [7, 11) is 1.85. The van der Waals surface area contributed by atoms with Crippen LogP contribution in [0.5, 0.6) is 0 Å². The predicted molar refractivity (Wildman–Crippen MR) is 61.0 cm³/mol. The van der Waals surface area contributed by atoms with Crippen LogP contribution in [0.3, 0.4) is 0 Å². The fourth-order valence-electron chi connectivity index (χ4n) is 0.630. The van der Waals surface area contributed by atoms with Crippen molar-refractivity contribution in [2.45, 2.75) is 0 Å². The summed E-state index contributed by atoms with van der Waals surface area (Å²) >= 11 is 1.72. The Hall–Kier alpha value is -0.130. The number of urea groups is 1. The van der Waals surface area contributed by atoms with E-state index in [9.17, 15) is 4.79 Å². The Morgan fingerprint density at radius 3 is 2.38 bits per heavy atom. The highest BCUT2D eigenvalue weighted by molar-refractivity contribution is 7.98. The van der Waals surface area contributed by atoms with E-state index in [1.54, 1.807) is 11.8 Å². The summed E-state index contributed by atoms with van der Waals surface area (Å²) in [5.41, 5.74) is 0. The minimum atomic E-state index is -0.0840. The maximum absolute atomic E-state index is 10.9. The Bertz CT molecular complexity index is 114. The highest BCUT2D eigenvalue weighted by Gasteiger charge is 1.95. The normalized spacial score (nSPS) is 8.77. The van der Waals surface area contributed by atoms with Crippen LogP contribution < -0.4 is 16.0 Å². The van der Waals surface area contributed by atoms with Gasteiger partial charge in [0.15, 0.2) is 0 Å². The second kappa shape index (κ2) is 11.9. The van der Waals surface area contributed by atoms with Gasteiger partial charge in [0.25, 0.3) is 0 Å². The SMILES string of the molecule is CNCCNC(=O)NCCSC.Cl. The Morgan fingerprint density at radius 2 is 1.85 bits per heavy atom. The maximum Gasteiger partial charge on any atom is 0.314 e. The molecule has 0 fully saturated rings. The topological polar surface area (TPSA) is 53.2 Å². The van der Waals surface area contributed by atoms with Crippen molar-refractivity contribution in [3.8, 4) is 0 Å². The minimum absolute atomic E-state index is 0. The van der Waals surface area contributed by atoms with E-state index >= 15 is 0 Å². The van der Waals surface area contributed by atoms with Gasteiger partial charge in [-0.3, -0.25) is 0 Å². The molecule has 13 heavy (non-hydrogen) atoms. The lowest BCUT2D eigenvalue weighted by Crippen LogP contribution is -2.39. The largest absolute Gasteiger partial charge is 0.337 e. The Balaban J connectivity index is 0. The number of amides is 2. The van der Waals surface area contributed by atoms with E-state index in [4.69, 9.17) is 0 Å². The first-order valence-corrected chi connectivity index (χ1v) is 5.36. The molecule has 3 N–H and O–H groups in total. The Morgan fingerprint density at radius 1 is 1.23 bits per heavy atom. The summed E-state index contributed by atoms with van der Waals surface area (Å²) in [6, 6.07) is -0.0840. The standard InChI is InChI=1S/C7H17N3OS.ClH/c1-8-3-4-9-7(11)10-5-6-12-2;/h8H,3-6H2,1-2H3,(H2,9,10,11);1H. The van der Waals surface area contributed by atoms with Crippen molar-refractivity contribution in [2.24, 2.45) is 0 Å². The molecular weight excluding hydrogens is 210 g/mol. The van der Waals surface area contributed by atoms with E-state index in [-0.39, 0.29) is 18.4 Å². The lowest BCUT2D eigenvalue weighted by molar-refractivity contribution is 0.241. The Labute approximate surface area is 90.0 Å². The number of carbonyl (C=O) groups is 1. The van der Waals surface area contributed by atoms with E-state index in [1.165, 1.54) is 0 Å². The number of halogens is 1. The van der Waals surface area contributed by atoms with Crippen molar-refractivity contribution in [3.05, 3.63) is 0 Å². The first kappa shape index (κ1) is 15.3. The molecule has 0 atom stereocenters. The van der Waals surface area contributed by atoms with Gasteiger partial charge < -0.3 is 16.0 Å². The summed E-state index contributed by atoms with van der Waals surface area (Å²) in [5.74, 6) is 0.958. The molecule has 0 aliphatic heterocycles. The summed E-state index contributed by atoms with van der Waals surface area (Å²) < 4.78 is 0. The second-order valence-electron chi connectivity index (χ2n) is 2.28. The average Bonchev–Trinajstić information content (AvgIpc) is 2.06. The fourth-order valence-corrected chi connectivity index (χ4v) is 0.936. The van der Waals surface area contributed by atoms with Gasteiger partial charge in [-0.05, 0) is 13.3 Å². The molecule has 0 aliphatic rings. The van der Waals surface area contributed by atoms with Crippen LogP contribution in [-0.4, -0.2) is 44.7 Å². The van der Waals surface area contributed by atoms with E-state index in [0.717, 1.165) is 18.8 Å². The average molecular weight is 228 g/mol. The van der Waals surface area contributed by atoms with Gasteiger partial charge in [-0.2, -0.15) is 11.8 Å². The molecule has 4 nitrogen and oxygen atoms in total. The molecule has 0 aliphatic carbocycles. The highest BCUT2D eigenvalue weighted by atomic mass is 35.5. The molecular formula is C7H18ClN3OS. The number of nitrogens with one attached hydrogen (secondary N) is 3. The van der Waals surface area contributed by atoms with Gasteiger partial charge in [0.1, 0.15) is 0 Å². The second-order valence-corrected chi connectivity index (χ2v) is 3.26. The molecule has 0 radical (unpaired) electrons. The molecule has 0 unspecified atom stereocenters. The van der Waals surface area contributed by atoms with Crippen molar-refractivity contribution < 1.29 is 4.79 Å². The lowest BCUT2D eigenvalue weighted by Gasteiger charge is -2.05. The molecule has 0 rings (SSSR count). The molecule has 0 bridgehead atoms. The lowest BCUT2D eigenvalue weighted by atomic mass is 10.6. The molecule has 0 heterocycles. The van der Waals surface area contributed by atoms with Crippen molar-refractivity contribution in [1.82, 2.24) is 16.0 Å². The van der Waals surface area contributed by atoms with Gasteiger partial charge in [0.2, 0.25) is 0 Å². The maximum atomic E-state index is 10.9. The number of carbonyl (C=O) groups excluding carboxylic acids is 1. The smallest absolute Gasteiger partial charge is 0.314 e. The molecule has 2 amide bonds. The van der Waals surface area contributed by atoms with Crippen molar-refractivity contribution >= 4 is 30.2 Å². The molecule has 6 heteroatoms. The summed E-state index contributed by atoms with van der Waals surface area (Å²) in [6.45, 7) is 2.20. The molecule has 0 saturated carbocycles. The van der Waals surface area contributed by atoms with Crippen LogP contribution in [-0.2, 0) is 0 Å². The third-order valence-electron chi connectivity index (χ3n) is 1.25. The minimum Gasteiger partial charge on any atom is -0.337 e. The first-order chi connectivity index (χ1) is 5.81. The van der Waals surface area contributed by atoms with Crippen LogP contribution in [0.4, 0.5) is 4.79 Å². The van der Waals surface area contributed by atoms with Crippen LogP contribution in [0.1, 0.15) is 0 Å². The van der Waals surface area contributed by atoms with Crippen LogP contribution in [0.15, 0.2) is 0 Å². The highest BCUT2D eigenvalue weighted by Crippen LogP contribution is 1.86. The molecule has 0 spiro atoms. The Kier molecular flexibility index (Phi) is 14.0. The van der Waals surface area contributed by atoms with Gasteiger partial charge >= 0.3 is 6.03 Å². The monoisotopic (exact) mass is 227 g/mol. The molecule has 80 valence electrons. The first-order valence-electron chi connectivity index (χ1n) is 3.96. The van der Waals surface area contributed by atoms with Crippen molar-refractivity contribution in [2.75, 3.05) is 38.7 Å². The van der Waals surface area contributed by atoms with Gasteiger partial charge in [-0.1, -0.05) is 0 Å². The quantitative estimate of drug-likeness (QED) is 0.572. The van der Waals surface area contributed by atoms with Crippen LogP contribution >= 0.6 is 24.2 Å². The van der Waals surface area contributed by atoms with E-state index in [2.05, 4.69) is 16.0 Å². The van der Waals surface area contributed by atoms with Gasteiger partial charge in [0.05, 0.1) is 0 Å². The van der Waals surface area contributed by atoms with Crippen molar-refractivity contribution in [3.63, 3.8) is 0 Å².